The molecule has 1 saturated heterocycles. The lowest BCUT2D eigenvalue weighted by atomic mass is 10.1. The van der Waals surface area contributed by atoms with E-state index in [1.165, 1.54) is 4.90 Å². The summed E-state index contributed by atoms with van der Waals surface area (Å²) < 4.78 is 5.89. The minimum absolute atomic E-state index is 0.100. The highest BCUT2D eigenvalue weighted by molar-refractivity contribution is 6.21. The summed E-state index contributed by atoms with van der Waals surface area (Å²) in [4.78, 5) is 37.0. The highest BCUT2D eigenvalue weighted by Gasteiger charge is 2.35. The molecule has 0 atom stereocenters. The average Bonchev–Trinajstić information content (AvgIpc) is 2.98. The lowest BCUT2D eigenvalue weighted by Crippen LogP contribution is -2.43. The number of likely N-dealkylation sites (tertiary alicyclic amines) is 1. The second-order valence-electron chi connectivity index (χ2n) is 7.19. The highest BCUT2D eigenvalue weighted by atomic mass is 16.5. The van der Waals surface area contributed by atoms with E-state index in [0.717, 1.165) is 37.9 Å². The number of nitrogens with zero attached hydrogens (tertiary/aromatic N) is 4. The van der Waals surface area contributed by atoms with Crippen molar-refractivity contribution in [2.45, 2.75) is 32.3 Å². The van der Waals surface area contributed by atoms with Gasteiger partial charge in [0, 0.05) is 38.6 Å². The predicted molar refractivity (Wildman–Crippen MR) is 103 cm³/mol. The second kappa shape index (κ2) is 8.06. The molecule has 0 unspecified atom stereocenters. The molecule has 1 aromatic heterocycles. The molecule has 0 radical (unpaired) electrons. The molecule has 28 heavy (non-hydrogen) atoms. The molecule has 2 aromatic rings. The predicted octanol–water partition coefficient (Wildman–Crippen LogP) is 2.18. The first-order chi connectivity index (χ1) is 13.7. The van der Waals surface area contributed by atoms with Crippen molar-refractivity contribution in [2.24, 2.45) is 0 Å². The third-order valence-electron chi connectivity index (χ3n) is 5.41. The van der Waals surface area contributed by atoms with Gasteiger partial charge in [-0.2, -0.15) is 0 Å². The minimum atomic E-state index is -0.188. The molecule has 2 aliphatic heterocycles. The number of imide groups is 1. The van der Waals surface area contributed by atoms with Crippen molar-refractivity contribution < 1.29 is 14.3 Å². The van der Waals surface area contributed by atoms with Gasteiger partial charge in [-0.3, -0.25) is 14.5 Å². The lowest BCUT2D eigenvalue weighted by Gasteiger charge is -2.32. The standard InChI is InChI=1S/C21H24N4O3/c1-2-15-13-22-21(23-14-15)28-16-7-9-24(10-8-16)11-12-25-19(26)17-5-3-4-6-18(17)20(25)27/h3-6,13-14,16H,2,7-12H2,1H3. The fraction of sp³-hybridized carbons (Fsp3) is 0.429. The van der Waals surface area contributed by atoms with Crippen LogP contribution in [0.1, 0.15) is 46.0 Å². The molecule has 0 aliphatic carbocycles. The van der Waals surface area contributed by atoms with Gasteiger partial charge >= 0.3 is 6.01 Å². The molecular formula is C21H24N4O3. The maximum Gasteiger partial charge on any atom is 0.316 e. The Morgan fingerprint density at radius 3 is 2.18 bits per heavy atom. The van der Waals surface area contributed by atoms with Gasteiger partial charge in [-0.15, -0.1) is 0 Å². The van der Waals surface area contributed by atoms with Crippen molar-refractivity contribution in [3.63, 3.8) is 0 Å². The number of aryl methyl sites for hydroxylation is 1. The summed E-state index contributed by atoms with van der Waals surface area (Å²) in [6.45, 7) is 4.89. The summed E-state index contributed by atoms with van der Waals surface area (Å²) in [5.41, 5.74) is 2.11. The Bertz CT molecular complexity index is 825. The van der Waals surface area contributed by atoms with E-state index >= 15 is 0 Å². The van der Waals surface area contributed by atoms with E-state index in [9.17, 15) is 9.59 Å². The normalized spacial score (nSPS) is 17.8. The number of carbonyl (C=O) groups is 2. The van der Waals surface area contributed by atoms with Crippen LogP contribution in [-0.4, -0.2) is 63.9 Å². The maximum absolute atomic E-state index is 12.4. The van der Waals surface area contributed by atoms with Gasteiger partial charge < -0.3 is 9.64 Å². The largest absolute Gasteiger partial charge is 0.460 e. The molecule has 0 bridgehead atoms. The molecule has 3 heterocycles. The first-order valence-electron chi connectivity index (χ1n) is 9.81. The number of piperidine rings is 1. The zero-order valence-electron chi connectivity index (χ0n) is 16.0. The van der Waals surface area contributed by atoms with Crippen LogP contribution in [0.5, 0.6) is 6.01 Å². The Kier molecular flexibility index (Phi) is 5.34. The van der Waals surface area contributed by atoms with Gasteiger partial charge in [0.2, 0.25) is 0 Å². The minimum Gasteiger partial charge on any atom is -0.460 e. The van der Waals surface area contributed by atoms with Crippen LogP contribution in [0.25, 0.3) is 0 Å². The smallest absolute Gasteiger partial charge is 0.316 e. The molecular weight excluding hydrogens is 356 g/mol. The third kappa shape index (κ3) is 3.75. The summed E-state index contributed by atoms with van der Waals surface area (Å²) >= 11 is 0. The van der Waals surface area contributed by atoms with Gasteiger partial charge in [-0.25, -0.2) is 9.97 Å². The topological polar surface area (TPSA) is 75.6 Å². The molecule has 7 nitrogen and oxygen atoms in total. The molecule has 0 saturated carbocycles. The summed E-state index contributed by atoms with van der Waals surface area (Å²) in [6, 6.07) is 7.44. The Morgan fingerprint density at radius 2 is 1.61 bits per heavy atom. The van der Waals surface area contributed by atoms with Crippen LogP contribution in [0.2, 0.25) is 0 Å². The molecule has 2 amide bonds. The molecule has 1 fully saturated rings. The van der Waals surface area contributed by atoms with Crippen LogP contribution in [0, 0.1) is 0 Å². The van der Waals surface area contributed by atoms with Crippen molar-refractivity contribution in [1.29, 1.82) is 0 Å². The number of fused-ring (bicyclic) bond motifs is 1. The van der Waals surface area contributed by atoms with Gasteiger partial charge in [0.05, 0.1) is 11.1 Å². The fourth-order valence-electron chi connectivity index (χ4n) is 3.67. The average molecular weight is 380 g/mol. The SMILES string of the molecule is CCc1cnc(OC2CCN(CCN3C(=O)c4ccccc4C3=O)CC2)nc1. The Labute approximate surface area is 164 Å². The number of hydrogen-bond acceptors (Lipinski definition) is 6. The van der Waals surface area contributed by atoms with Crippen LogP contribution in [0.4, 0.5) is 0 Å². The molecule has 146 valence electrons. The highest BCUT2D eigenvalue weighted by Crippen LogP contribution is 2.22. The quantitative estimate of drug-likeness (QED) is 0.715. The summed E-state index contributed by atoms with van der Waals surface area (Å²) in [5.74, 6) is -0.377. The van der Waals surface area contributed by atoms with E-state index in [2.05, 4.69) is 21.8 Å². The van der Waals surface area contributed by atoms with Gasteiger partial charge in [-0.1, -0.05) is 19.1 Å². The van der Waals surface area contributed by atoms with E-state index in [4.69, 9.17) is 4.74 Å². The van der Waals surface area contributed by atoms with E-state index in [-0.39, 0.29) is 17.9 Å². The fourth-order valence-corrected chi connectivity index (χ4v) is 3.67. The Balaban J connectivity index is 1.25. The lowest BCUT2D eigenvalue weighted by molar-refractivity contribution is 0.0592. The number of rotatable bonds is 6. The number of hydrogen-bond donors (Lipinski definition) is 0. The number of aromatic nitrogens is 2. The Hall–Kier alpha value is -2.80. The number of benzene rings is 1. The first kappa shape index (κ1) is 18.6. The van der Waals surface area contributed by atoms with Crippen molar-refractivity contribution in [1.82, 2.24) is 19.8 Å². The second-order valence-corrected chi connectivity index (χ2v) is 7.19. The van der Waals surface area contributed by atoms with Crippen LogP contribution < -0.4 is 4.74 Å². The van der Waals surface area contributed by atoms with E-state index in [1.807, 2.05) is 0 Å². The maximum atomic E-state index is 12.4. The number of carbonyl (C=O) groups excluding carboxylic acids is 2. The van der Waals surface area contributed by atoms with Crippen molar-refractivity contribution in [2.75, 3.05) is 26.2 Å². The van der Waals surface area contributed by atoms with Gasteiger partial charge in [0.15, 0.2) is 0 Å². The van der Waals surface area contributed by atoms with E-state index in [1.54, 1.807) is 36.7 Å². The number of ether oxygens (including phenoxy) is 1. The zero-order valence-corrected chi connectivity index (χ0v) is 16.0. The molecule has 1 aromatic carbocycles. The summed E-state index contributed by atoms with van der Waals surface area (Å²) in [7, 11) is 0. The van der Waals surface area contributed by atoms with Crippen LogP contribution in [0.3, 0.4) is 0 Å². The van der Waals surface area contributed by atoms with E-state index < -0.39 is 0 Å². The molecule has 2 aliphatic rings. The van der Waals surface area contributed by atoms with Gasteiger partial charge in [-0.05, 0) is 37.0 Å². The molecule has 7 heteroatoms. The first-order valence-corrected chi connectivity index (χ1v) is 9.81. The van der Waals surface area contributed by atoms with Crippen molar-refractivity contribution in [3.8, 4) is 6.01 Å². The molecule has 0 spiro atoms. The summed E-state index contributed by atoms with van der Waals surface area (Å²) in [6.07, 6.45) is 6.37. The third-order valence-corrected chi connectivity index (χ3v) is 5.41. The van der Waals surface area contributed by atoms with Crippen LogP contribution >= 0.6 is 0 Å². The number of amides is 2. The Morgan fingerprint density at radius 1 is 1.00 bits per heavy atom. The zero-order chi connectivity index (χ0) is 19.5. The monoisotopic (exact) mass is 380 g/mol. The molecule has 4 rings (SSSR count). The van der Waals surface area contributed by atoms with Crippen LogP contribution in [0.15, 0.2) is 36.7 Å². The van der Waals surface area contributed by atoms with Gasteiger partial charge in [0.25, 0.3) is 11.8 Å². The van der Waals surface area contributed by atoms with Gasteiger partial charge in [0.1, 0.15) is 6.10 Å². The van der Waals surface area contributed by atoms with Crippen molar-refractivity contribution in [3.05, 3.63) is 53.3 Å². The van der Waals surface area contributed by atoms with Crippen LogP contribution in [-0.2, 0) is 6.42 Å². The molecule has 0 N–H and O–H groups in total. The van der Waals surface area contributed by atoms with Crippen molar-refractivity contribution >= 4 is 11.8 Å². The summed E-state index contributed by atoms with van der Waals surface area (Å²) in [5, 5.41) is 0. The van der Waals surface area contributed by atoms with E-state index in [0.29, 0.717) is 30.2 Å².